The second kappa shape index (κ2) is 16.0. The van der Waals surface area contributed by atoms with Crippen LogP contribution in [0.1, 0.15) is 47.1 Å². The molecule has 2 rings (SSSR count). The predicted molar refractivity (Wildman–Crippen MR) is 160 cm³/mol. The molecule has 1 unspecified atom stereocenters. The number of likely N-dealkylation sites (N-methyl/N-ethyl adjacent to an activating group) is 1. The first-order valence-corrected chi connectivity index (χ1v) is 14.8. The van der Waals surface area contributed by atoms with Gasteiger partial charge in [0.2, 0.25) is 0 Å². The molecule has 214 valence electrons. The van der Waals surface area contributed by atoms with Gasteiger partial charge in [0.25, 0.3) is 0 Å². The highest BCUT2D eigenvalue weighted by molar-refractivity contribution is 14.1. The SMILES string of the molecule is CCN1CCN(CC(=O)OC(C)(C)C)CCN(CC(C)=O)CC(Cc2ccc(I)cc2)N(CC(C)=O)CC1. The van der Waals surface area contributed by atoms with Crippen LogP contribution in [0.2, 0.25) is 0 Å². The molecule has 1 heterocycles. The van der Waals surface area contributed by atoms with Crippen molar-refractivity contribution in [1.29, 1.82) is 0 Å². The van der Waals surface area contributed by atoms with Crippen LogP contribution in [0.3, 0.4) is 0 Å². The van der Waals surface area contributed by atoms with E-state index < -0.39 is 5.60 Å². The fraction of sp³-hybridized carbons (Fsp3) is 0.690. The van der Waals surface area contributed by atoms with Crippen molar-refractivity contribution in [2.75, 3.05) is 72.0 Å². The Morgan fingerprint density at radius 1 is 0.842 bits per heavy atom. The van der Waals surface area contributed by atoms with Crippen molar-refractivity contribution in [2.24, 2.45) is 0 Å². The first kappa shape index (κ1) is 32.8. The third-order valence-corrected chi connectivity index (χ3v) is 7.35. The van der Waals surface area contributed by atoms with Gasteiger partial charge in [-0.05, 0) is 87.9 Å². The van der Waals surface area contributed by atoms with Crippen molar-refractivity contribution in [3.63, 3.8) is 0 Å². The predicted octanol–water partition coefficient (Wildman–Crippen LogP) is 2.96. The third-order valence-electron chi connectivity index (χ3n) is 6.63. The number of esters is 1. The molecule has 0 N–H and O–H groups in total. The van der Waals surface area contributed by atoms with Crippen LogP contribution in [0, 0.1) is 3.57 Å². The average Bonchev–Trinajstić information content (AvgIpc) is 2.79. The molecule has 9 heteroatoms. The van der Waals surface area contributed by atoms with Gasteiger partial charge in [0.05, 0.1) is 19.6 Å². The molecule has 0 spiro atoms. The quantitative estimate of drug-likeness (QED) is 0.301. The molecule has 1 aromatic rings. The zero-order valence-corrected chi connectivity index (χ0v) is 26.3. The van der Waals surface area contributed by atoms with E-state index in [1.165, 1.54) is 9.13 Å². The van der Waals surface area contributed by atoms with Gasteiger partial charge in [-0.25, -0.2) is 0 Å². The van der Waals surface area contributed by atoms with Crippen molar-refractivity contribution >= 4 is 40.1 Å². The summed E-state index contributed by atoms with van der Waals surface area (Å²) in [5, 5.41) is 0. The second-order valence-corrected chi connectivity index (χ2v) is 12.6. The topological polar surface area (TPSA) is 73.4 Å². The van der Waals surface area contributed by atoms with Crippen molar-refractivity contribution in [1.82, 2.24) is 19.6 Å². The largest absolute Gasteiger partial charge is 0.459 e. The molecule has 0 aromatic heterocycles. The number of hydrogen-bond acceptors (Lipinski definition) is 8. The Bertz CT molecular complexity index is 903. The van der Waals surface area contributed by atoms with E-state index in [0.717, 1.165) is 39.1 Å². The lowest BCUT2D eigenvalue weighted by molar-refractivity contribution is -0.156. The van der Waals surface area contributed by atoms with Crippen molar-refractivity contribution < 1.29 is 19.1 Å². The van der Waals surface area contributed by atoms with Gasteiger partial charge in [-0.1, -0.05) is 19.1 Å². The van der Waals surface area contributed by atoms with Crippen LogP contribution in [0.15, 0.2) is 24.3 Å². The summed E-state index contributed by atoms with van der Waals surface area (Å²) >= 11 is 2.31. The molecule has 1 atom stereocenters. The number of carbonyl (C=O) groups excluding carboxylic acids is 3. The molecule has 38 heavy (non-hydrogen) atoms. The number of carbonyl (C=O) groups is 3. The normalized spacial score (nSPS) is 19.9. The van der Waals surface area contributed by atoms with Crippen LogP contribution in [-0.4, -0.2) is 121 Å². The third kappa shape index (κ3) is 13.1. The molecule has 1 aromatic carbocycles. The van der Waals surface area contributed by atoms with E-state index in [0.29, 0.717) is 32.7 Å². The number of ether oxygens (including phenoxy) is 1. The Labute approximate surface area is 243 Å². The maximum absolute atomic E-state index is 12.7. The van der Waals surface area contributed by atoms with E-state index in [2.05, 4.69) is 73.4 Å². The Morgan fingerprint density at radius 2 is 1.39 bits per heavy atom. The molecule has 0 bridgehead atoms. The Hall–Kier alpha value is -1.40. The van der Waals surface area contributed by atoms with Gasteiger partial charge in [-0.15, -0.1) is 0 Å². The summed E-state index contributed by atoms with van der Waals surface area (Å²) < 4.78 is 6.79. The lowest BCUT2D eigenvalue weighted by Gasteiger charge is -2.38. The maximum atomic E-state index is 12.7. The van der Waals surface area contributed by atoms with E-state index >= 15 is 0 Å². The molecule has 0 aliphatic carbocycles. The van der Waals surface area contributed by atoms with Gasteiger partial charge in [0.1, 0.15) is 17.2 Å². The maximum Gasteiger partial charge on any atom is 0.320 e. The first-order valence-electron chi connectivity index (χ1n) is 13.7. The lowest BCUT2D eigenvalue weighted by atomic mass is 10.0. The number of ketones is 2. The van der Waals surface area contributed by atoms with E-state index in [1.807, 2.05) is 20.8 Å². The number of halogens is 1. The zero-order chi connectivity index (χ0) is 28.3. The minimum atomic E-state index is -0.525. The molecule has 8 nitrogen and oxygen atoms in total. The number of Topliss-reactive ketones (excluding diaryl/α,β-unsaturated/α-hetero) is 2. The Kier molecular flexibility index (Phi) is 13.8. The summed E-state index contributed by atoms with van der Waals surface area (Å²) in [5.41, 5.74) is 0.695. The van der Waals surface area contributed by atoms with Gasteiger partial charge in [0.15, 0.2) is 0 Å². The van der Waals surface area contributed by atoms with Crippen LogP contribution in [0.25, 0.3) is 0 Å². The monoisotopic (exact) mass is 642 g/mol. The van der Waals surface area contributed by atoms with Crippen molar-refractivity contribution in [2.45, 2.75) is 59.6 Å². The summed E-state index contributed by atoms with van der Waals surface area (Å²) in [6.07, 6.45) is 0.798. The van der Waals surface area contributed by atoms with E-state index in [4.69, 9.17) is 4.74 Å². The number of hydrogen-bond donors (Lipinski definition) is 0. The molecule has 1 fully saturated rings. The number of rotatable bonds is 9. The highest BCUT2D eigenvalue weighted by Gasteiger charge is 2.26. The average molecular weight is 643 g/mol. The van der Waals surface area contributed by atoms with Crippen LogP contribution < -0.4 is 0 Å². The van der Waals surface area contributed by atoms with Gasteiger partial charge in [0, 0.05) is 55.4 Å². The molecule has 1 saturated heterocycles. The van der Waals surface area contributed by atoms with Gasteiger partial charge in [-0.3, -0.25) is 29.1 Å². The summed E-state index contributed by atoms with van der Waals surface area (Å²) in [7, 11) is 0. The minimum Gasteiger partial charge on any atom is -0.459 e. The van der Waals surface area contributed by atoms with E-state index in [1.54, 1.807) is 13.8 Å². The van der Waals surface area contributed by atoms with Crippen LogP contribution in [0.5, 0.6) is 0 Å². The molecule has 1 aliphatic heterocycles. The Balaban J connectivity index is 2.32. The molecule has 0 amide bonds. The van der Waals surface area contributed by atoms with E-state index in [9.17, 15) is 14.4 Å². The second-order valence-electron chi connectivity index (χ2n) is 11.4. The zero-order valence-electron chi connectivity index (χ0n) is 24.2. The highest BCUT2D eigenvalue weighted by Crippen LogP contribution is 2.15. The summed E-state index contributed by atoms with van der Waals surface area (Å²) in [5.74, 6) is 0.0310. The molecule has 1 aliphatic rings. The molecule has 0 saturated carbocycles. The first-order chi connectivity index (χ1) is 17.8. The summed E-state index contributed by atoms with van der Waals surface area (Å²) in [6.45, 7) is 18.1. The number of benzene rings is 1. The summed E-state index contributed by atoms with van der Waals surface area (Å²) in [6, 6.07) is 8.61. The standard InChI is InChI=1S/C29H47IN4O4/c1-7-31-12-13-32(22-28(37)38-29(4,5)6)14-15-33(19-23(2)35)21-27(34(17-16-31)20-24(3)36)18-25-8-10-26(30)11-9-25/h8-11,27H,7,12-22H2,1-6H3. The van der Waals surface area contributed by atoms with Crippen molar-refractivity contribution in [3.05, 3.63) is 33.4 Å². The van der Waals surface area contributed by atoms with Crippen LogP contribution >= 0.6 is 22.6 Å². The Morgan fingerprint density at radius 3 is 1.95 bits per heavy atom. The smallest absolute Gasteiger partial charge is 0.320 e. The fourth-order valence-corrected chi connectivity index (χ4v) is 5.18. The van der Waals surface area contributed by atoms with Crippen LogP contribution in [0.4, 0.5) is 0 Å². The van der Waals surface area contributed by atoms with Gasteiger partial charge < -0.3 is 9.64 Å². The minimum absolute atomic E-state index is 0.0794. The van der Waals surface area contributed by atoms with Crippen molar-refractivity contribution in [3.8, 4) is 0 Å². The van der Waals surface area contributed by atoms with E-state index in [-0.39, 0.29) is 30.1 Å². The molecular formula is C29H47IN4O4. The summed E-state index contributed by atoms with van der Waals surface area (Å²) in [4.78, 5) is 46.2. The van der Waals surface area contributed by atoms with Gasteiger partial charge >= 0.3 is 5.97 Å². The number of nitrogens with zero attached hydrogens (tertiary/aromatic N) is 4. The highest BCUT2D eigenvalue weighted by atomic mass is 127. The van der Waals surface area contributed by atoms with Gasteiger partial charge in [-0.2, -0.15) is 0 Å². The fourth-order valence-electron chi connectivity index (χ4n) is 4.82. The molecule has 0 radical (unpaired) electrons. The van der Waals surface area contributed by atoms with Crippen LogP contribution in [-0.2, 0) is 25.5 Å². The molecular weight excluding hydrogens is 595 g/mol. The lowest BCUT2D eigenvalue weighted by Crippen LogP contribution is -2.53.